The fourth-order valence-corrected chi connectivity index (χ4v) is 4.26. The number of aldehydes is 1. The zero-order valence-electron chi connectivity index (χ0n) is 27.1. The second-order valence-electron chi connectivity index (χ2n) is 10.8. The van der Waals surface area contributed by atoms with Crippen molar-refractivity contribution in [1.82, 2.24) is 0 Å². The molecular formula is C28H14F28O3. The maximum atomic E-state index is 14.1. The Labute approximate surface area is 306 Å². The van der Waals surface area contributed by atoms with Gasteiger partial charge in [0.05, 0.1) is 0 Å². The molecule has 2 N–H and O–H groups in total. The summed E-state index contributed by atoms with van der Waals surface area (Å²) >= 11 is 0. The Morgan fingerprint density at radius 3 is 0.695 bits per heavy atom. The van der Waals surface area contributed by atoms with Gasteiger partial charge in [-0.1, -0.05) is 6.58 Å². The van der Waals surface area contributed by atoms with Gasteiger partial charge < -0.3 is 10.2 Å². The third-order valence-electron chi connectivity index (χ3n) is 7.07. The number of aliphatic hydroxyl groups is 2. The second kappa shape index (κ2) is 16.3. The Morgan fingerprint density at radius 2 is 0.559 bits per heavy atom. The first-order chi connectivity index (χ1) is 25.7. The highest BCUT2D eigenvalue weighted by molar-refractivity contribution is 5.76. The topological polar surface area (TPSA) is 57.5 Å². The molecule has 3 nitrogen and oxygen atoms in total. The summed E-state index contributed by atoms with van der Waals surface area (Å²) in [6.07, 6.45) is -56.3. The number of hydrogen-bond donors (Lipinski definition) is 2. The molecule has 0 saturated heterocycles. The van der Waals surface area contributed by atoms with Gasteiger partial charge in [0.15, 0.2) is 0 Å². The van der Waals surface area contributed by atoms with Crippen LogP contribution >= 0.6 is 0 Å². The normalized spacial score (nSPS) is 14.5. The molecule has 0 aromatic heterocycles. The lowest BCUT2D eigenvalue weighted by Gasteiger charge is -2.34. The SMILES string of the molecule is C=C(O)c1cc(C(F)(C(F)(F)F)C(F)(F)F)cc(C(F)(C(F)(F)F)C(F)(F)F)c1.CO.O=Cc1cc(C(F)(C(F)(F)F)C(F)(F)F)cc(C(F)(C(F)(F)F)C(F)(F)F)c1. The molecule has 0 radical (unpaired) electrons. The summed E-state index contributed by atoms with van der Waals surface area (Å²) in [4.78, 5) is 10.6. The molecule has 0 atom stereocenters. The van der Waals surface area contributed by atoms with Crippen LogP contribution in [-0.4, -0.2) is 73.0 Å². The summed E-state index contributed by atoms with van der Waals surface area (Å²) < 4.78 is 362. The molecule has 340 valence electrons. The molecule has 2 rings (SSSR count). The minimum atomic E-state index is -6.94. The van der Waals surface area contributed by atoms with E-state index in [1.165, 1.54) is 0 Å². The first-order valence-electron chi connectivity index (χ1n) is 13.6. The Balaban J connectivity index is 0.00000109. The van der Waals surface area contributed by atoms with Gasteiger partial charge in [-0.15, -0.1) is 0 Å². The molecule has 0 heterocycles. The fraction of sp³-hybridized carbons (Fsp3) is 0.464. The highest BCUT2D eigenvalue weighted by Crippen LogP contribution is 2.59. The molecule has 0 unspecified atom stereocenters. The van der Waals surface area contributed by atoms with Crippen molar-refractivity contribution in [2.75, 3.05) is 7.11 Å². The van der Waals surface area contributed by atoms with E-state index in [1.54, 1.807) is 0 Å². The monoisotopic (exact) mass is 930 g/mol. The van der Waals surface area contributed by atoms with Gasteiger partial charge in [-0.2, -0.15) is 105 Å². The lowest BCUT2D eigenvalue weighted by atomic mass is 9.85. The van der Waals surface area contributed by atoms with Crippen LogP contribution in [-0.2, 0) is 22.7 Å². The molecule has 0 spiro atoms. The minimum absolute atomic E-state index is 0.556. The summed E-state index contributed by atoms with van der Waals surface area (Å²) in [6.45, 7) is 2.51. The van der Waals surface area contributed by atoms with Gasteiger partial charge in [0, 0.05) is 40.5 Å². The van der Waals surface area contributed by atoms with Crippen LogP contribution in [0.3, 0.4) is 0 Å². The number of rotatable bonds is 6. The number of benzene rings is 2. The molecule has 0 amide bonds. The lowest BCUT2D eigenvalue weighted by Crippen LogP contribution is -2.52. The van der Waals surface area contributed by atoms with E-state index in [-0.39, 0.29) is 0 Å². The summed E-state index contributed by atoms with van der Waals surface area (Å²) in [5.41, 5.74) is -40.9. The van der Waals surface area contributed by atoms with Crippen molar-refractivity contribution in [3.63, 3.8) is 0 Å². The van der Waals surface area contributed by atoms with Crippen molar-refractivity contribution in [3.05, 3.63) is 76.4 Å². The number of carbonyl (C=O) groups excluding carboxylic acids is 1. The highest BCUT2D eigenvalue weighted by Gasteiger charge is 2.78. The van der Waals surface area contributed by atoms with Crippen LogP contribution in [0.15, 0.2) is 43.0 Å². The predicted octanol–water partition coefficient (Wildman–Crippen LogP) is 12.5. The Hall–Kier alpha value is -4.35. The molecule has 0 bridgehead atoms. The van der Waals surface area contributed by atoms with Gasteiger partial charge in [-0.3, -0.25) is 4.79 Å². The largest absolute Gasteiger partial charge is 0.508 e. The zero-order valence-corrected chi connectivity index (χ0v) is 27.1. The van der Waals surface area contributed by atoms with Crippen molar-refractivity contribution in [1.29, 1.82) is 0 Å². The van der Waals surface area contributed by atoms with Gasteiger partial charge in [0.25, 0.3) is 0 Å². The Bertz CT molecular complexity index is 1610. The van der Waals surface area contributed by atoms with Gasteiger partial charge in [0.2, 0.25) is 0 Å². The van der Waals surface area contributed by atoms with E-state index >= 15 is 0 Å². The second-order valence-corrected chi connectivity index (χ2v) is 10.8. The predicted molar refractivity (Wildman–Crippen MR) is 138 cm³/mol. The summed E-state index contributed by atoms with van der Waals surface area (Å²) in [7, 11) is 1.00. The third kappa shape index (κ3) is 9.67. The standard InChI is InChI=1S/C14H6F14O.C13H4F14O.CH4O/c1-5(29)6-2-7(9(15,11(17,18)19)12(20,21)22)4-8(3-6)10(16,13(23,24)25)14(26,27)28;14-8(10(16,17)18,11(19,20)21)6-1-5(4-28)2-7(3-6)9(15,12(22,23)24)13(25,26)27;1-2/h2-4,29H,1H2;1-4H;2H,1H3. The molecule has 2 aromatic rings. The van der Waals surface area contributed by atoms with Crippen molar-refractivity contribution in [3.8, 4) is 0 Å². The smallest absolute Gasteiger partial charge is 0.435 e. The summed E-state index contributed by atoms with van der Waals surface area (Å²) in [6, 6.07) is -4.74. The minimum Gasteiger partial charge on any atom is -0.508 e. The molecule has 2 aromatic carbocycles. The maximum Gasteiger partial charge on any atom is 0.435 e. The first-order valence-corrected chi connectivity index (χ1v) is 13.6. The van der Waals surface area contributed by atoms with E-state index in [9.17, 15) is 128 Å². The number of hydrogen-bond acceptors (Lipinski definition) is 3. The van der Waals surface area contributed by atoms with Crippen LogP contribution in [0.1, 0.15) is 38.2 Å². The van der Waals surface area contributed by atoms with Crippen molar-refractivity contribution >= 4 is 12.0 Å². The lowest BCUT2D eigenvalue weighted by molar-refractivity contribution is -0.352. The number of halogens is 28. The molecule has 0 aliphatic heterocycles. The molecule has 59 heavy (non-hydrogen) atoms. The zero-order chi connectivity index (χ0) is 48.0. The quantitative estimate of drug-likeness (QED) is 0.172. The van der Waals surface area contributed by atoms with E-state index in [2.05, 4.69) is 6.58 Å². The number of aliphatic hydroxyl groups excluding tert-OH is 2. The van der Waals surface area contributed by atoms with Crippen molar-refractivity contribution in [2.24, 2.45) is 0 Å². The van der Waals surface area contributed by atoms with E-state index in [1.807, 2.05) is 0 Å². The maximum absolute atomic E-state index is 14.1. The molecule has 0 aliphatic carbocycles. The van der Waals surface area contributed by atoms with Gasteiger partial charge in [0.1, 0.15) is 12.0 Å². The van der Waals surface area contributed by atoms with Crippen LogP contribution in [0.4, 0.5) is 123 Å². The van der Waals surface area contributed by atoms with Crippen LogP contribution in [0.2, 0.25) is 0 Å². The third-order valence-corrected chi connectivity index (χ3v) is 7.07. The Kier molecular flexibility index (Phi) is 15.1. The average molecular weight is 930 g/mol. The summed E-state index contributed by atoms with van der Waals surface area (Å²) in [5.74, 6) is -1.66. The molecule has 0 aliphatic rings. The van der Waals surface area contributed by atoms with E-state index in [4.69, 9.17) is 10.2 Å². The van der Waals surface area contributed by atoms with Crippen LogP contribution in [0.25, 0.3) is 5.76 Å². The molecular weight excluding hydrogens is 916 g/mol. The van der Waals surface area contributed by atoms with Crippen LogP contribution in [0, 0.1) is 0 Å². The van der Waals surface area contributed by atoms with Crippen LogP contribution in [0.5, 0.6) is 0 Å². The van der Waals surface area contributed by atoms with Gasteiger partial charge >= 0.3 is 72.1 Å². The van der Waals surface area contributed by atoms with E-state index in [0.717, 1.165) is 7.11 Å². The van der Waals surface area contributed by atoms with Gasteiger partial charge in [-0.05, 0) is 36.4 Å². The van der Waals surface area contributed by atoms with Crippen LogP contribution < -0.4 is 0 Å². The van der Waals surface area contributed by atoms with Crippen molar-refractivity contribution in [2.45, 2.75) is 72.1 Å². The Morgan fingerprint density at radius 1 is 0.390 bits per heavy atom. The van der Waals surface area contributed by atoms with E-state index < -0.39 is 154 Å². The van der Waals surface area contributed by atoms with Gasteiger partial charge in [-0.25, -0.2) is 17.6 Å². The molecule has 31 heteroatoms. The van der Waals surface area contributed by atoms with Crippen molar-refractivity contribution < 1.29 is 138 Å². The average Bonchev–Trinajstić information content (AvgIpc) is 3.03. The van der Waals surface area contributed by atoms with E-state index in [0.29, 0.717) is 0 Å². The molecule has 0 saturated carbocycles. The first kappa shape index (κ1) is 54.6. The highest BCUT2D eigenvalue weighted by atomic mass is 19.5. The molecule has 0 fully saturated rings. The summed E-state index contributed by atoms with van der Waals surface area (Å²) in [5, 5.41) is 16.1. The number of carbonyl (C=O) groups is 1. The fourth-order valence-electron chi connectivity index (χ4n) is 4.26. The number of alkyl halides is 28.